The van der Waals surface area contributed by atoms with Crippen LogP contribution in [0, 0.1) is 0 Å². The molecule has 4 rings (SSSR count). The van der Waals surface area contributed by atoms with Crippen molar-refractivity contribution >= 4 is 12.4 Å². The van der Waals surface area contributed by atoms with E-state index in [-0.39, 0.29) is 12.4 Å². The van der Waals surface area contributed by atoms with Crippen molar-refractivity contribution in [3.05, 3.63) is 71.3 Å². The summed E-state index contributed by atoms with van der Waals surface area (Å²) in [5.74, 6) is 1.31. The Labute approximate surface area is 133 Å². The molecule has 1 heterocycles. The molecule has 0 amide bonds. The van der Waals surface area contributed by atoms with Gasteiger partial charge in [0.05, 0.1) is 0 Å². The van der Waals surface area contributed by atoms with Crippen LogP contribution in [0.1, 0.15) is 41.4 Å². The molecular formula is C19H22ClN. The van der Waals surface area contributed by atoms with Gasteiger partial charge in [-0.2, -0.15) is 0 Å². The SMILES string of the molecule is CN1CC[C@@H]2c3ccccc3[C@@H](c3ccccc3)C[C@H]21.Cl. The lowest BCUT2D eigenvalue weighted by molar-refractivity contribution is 0.265. The minimum atomic E-state index is 0. The van der Waals surface area contributed by atoms with Crippen LogP contribution < -0.4 is 0 Å². The van der Waals surface area contributed by atoms with Crippen LogP contribution in [-0.2, 0) is 0 Å². The fraction of sp³-hybridized carbons (Fsp3) is 0.368. The van der Waals surface area contributed by atoms with Gasteiger partial charge in [0.25, 0.3) is 0 Å². The van der Waals surface area contributed by atoms with Gasteiger partial charge in [-0.3, -0.25) is 0 Å². The van der Waals surface area contributed by atoms with E-state index < -0.39 is 0 Å². The van der Waals surface area contributed by atoms with Crippen LogP contribution in [0.4, 0.5) is 0 Å². The van der Waals surface area contributed by atoms with Crippen LogP contribution in [0.5, 0.6) is 0 Å². The molecule has 1 nitrogen and oxygen atoms in total. The third kappa shape index (κ3) is 2.39. The first-order valence-corrected chi connectivity index (χ1v) is 7.68. The minimum absolute atomic E-state index is 0. The summed E-state index contributed by atoms with van der Waals surface area (Å²) in [4.78, 5) is 2.57. The second-order valence-corrected chi connectivity index (χ2v) is 6.27. The summed E-state index contributed by atoms with van der Waals surface area (Å²) in [6.45, 7) is 1.24. The Balaban J connectivity index is 0.00000132. The van der Waals surface area contributed by atoms with Gasteiger partial charge in [-0.25, -0.2) is 0 Å². The van der Waals surface area contributed by atoms with Gasteiger partial charge in [-0.15, -0.1) is 12.4 Å². The zero-order valence-electron chi connectivity index (χ0n) is 12.4. The van der Waals surface area contributed by atoms with E-state index in [9.17, 15) is 0 Å². The largest absolute Gasteiger partial charge is 0.303 e. The molecule has 0 radical (unpaired) electrons. The van der Waals surface area contributed by atoms with Crippen molar-refractivity contribution in [2.24, 2.45) is 0 Å². The second kappa shape index (κ2) is 5.82. The van der Waals surface area contributed by atoms with Gasteiger partial charge in [0.2, 0.25) is 0 Å². The van der Waals surface area contributed by atoms with Gasteiger partial charge in [-0.05, 0) is 43.1 Å². The van der Waals surface area contributed by atoms with E-state index in [1.165, 1.54) is 24.9 Å². The molecule has 0 unspecified atom stereocenters. The standard InChI is InChI=1S/C19H21N.ClH/c1-20-12-11-17-15-9-5-6-10-16(15)18(13-19(17)20)14-7-3-2-4-8-14;/h2-10,17-19H,11-13H2,1H3;1H/t17-,18-,19-;/m1./s1. The highest BCUT2D eigenvalue weighted by molar-refractivity contribution is 5.85. The Hall–Kier alpha value is -1.31. The summed E-state index contributed by atoms with van der Waals surface area (Å²) in [6.07, 6.45) is 2.59. The van der Waals surface area contributed by atoms with Gasteiger partial charge >= 0.3 is 0 Å². The first-order chi connectivity index (χ1) is 9.84. The molecule has 0 saturated carbocycles. The first-order valence-electron chi connectivity index (χ1n) is 7.68. The Bertz CT molecular complexity index is 610. The lowest BCUT2D eigenvalue weighted by atomic mass is 9.71. The van der Waals surface area contributed by atoms with E-state index in [1.807, 2.05) is 0 Å². The molecule has 2 aromatic carbocycles. The molecule has 1 saturated heterocycles. The zero-order chi connectivity index (χ0) is 13.5. The average Bonchev–Trinajstić information content (AvgIpc) is 2.89. The highest BCUT2D eigenvalue weighted by Crippen LogP contribution is 2.47. The van der Waals surface area contributed by atoms with E-state index in [1.54, 1.807) is 11.1 Å². The molecule has 1 fully saturated rings. The molecule has 0 spiro atoms. The van der Waals surface area contributed by atoms with E-state index in [0.29, 0.717) is 5.92 Å². The number of hydrogen-bond donors (Lipinski definition) is 0. The number of benzene rings is 2. The van der Waals surface area contributed by atoms with Crippen LogP contribution in [0.2, 0.25) is 0 Å². The smallest absolute Gasteiger partial charge is 0.0170 e. The summed E-state index contributed by atoms with van der Waals surface area (Å²) in [5.41, 5.74) is 4.64. The monoisotopic (exact) mass is 299 g/mol. The van der Waals surface area contributed by atoms with Crippen molar-refractivity contribution in [2.75, 3.05) is 13.6 Å². The lowest BCUT2D eigenvalue weighted by Gasteiger charge is -2.37. The van der Waals surface area contributed by atoms with Gasteiger partial charge in [0, 0.05) is 17.9 Å². The van der Waals surface area contributed by atoms with E-state index in [4.69, 9.17) is 0 Å². The molecule has 2 aromatic rings. The van der Waals surface area contributed by atoms with Gasteiger partial charge in [0.1, 0.15) is 0 Å². The molecule has 0 bridgehead atoms. The summed E-state index contributed by atoms with van der Waals surface area (Å²) < 4.78 is 0. The zero-order valence-corrected chi connectivity index (χ0v) is 13.2. The summed E-state index contributed by atoms with van der Waals surface area (Å²) in [7, 11) is 2.29. The predicted molar refractivity (Wildman–Crippen MR) is 90.4 cm³/mol. The summed E-state index contributed by atoms with van der Waals surface area (Å²) in [5, 5.41) is 0. The maximum absolute atomic E-state index is 2.57. The van der Waals surface area contributed by atoms with Crippen LogP contribution in [0.3, 0.4) is 0 Å². The highest BCUT2D eigenvalue weighted by atomic mass is 35.5. The maximum Gasteiger partial charge on any atom is 0.0170 e. The Morgan fingerprint density at radius 2 is 1.57 bits per heavy atom. The molecule has 3 atom stereocenters. The number of nitrogens with zero attached hydrogens (tertiary/aromatic N) is 1. The first kappa shape index (κ1) is 14.6. The summed E-state index contributed by atoms with van der Waals surface area (Å²) >= 11 is 0. The van der Waals surface area contributed by atoms with E-state index in [2.05, 4.69) is 66.5 Å². The molecule has 0 aromatic heterocycles. The number of likely N-dealkylation sites (N-methyl/N-ethyl adjacent to an activating group) is 1. The normalized spacial score (nSPS) is 27.6. The highest BCUT2D eigenvalue weighted by Gasteiger charge is 2.40. The Kier molecular flexibility index (Phi) is 4.05. The molecule has 21 heavy (non-hydrogen) atoms. The van der Waals surface area contributed by atoms with Crippen molar-refractivity contribution in [1.82, 2.24) is 4.90 Å². The molecule has 0 N–H and O–H groups in total. The molecule has 1 aliphatic heterocycles. The van der Waals surface area contributed by atoms with Crippen molar-refractivity contribution in [1.29, 1.82) is 0 Å². The number of likely N-dealkylation sites (tertiary alicyclic amines) is 1. The van der Waals surface area contributed by atoms with Gasteiger partial charge in [-0.1, -0.05) is 54.6 Å². The number of rotatable bonds is 1. The van der Waals surface area contributed by atoms with Crippen molar-refractivity contribution in [3.63, 3.8) is 0 Å². The molecule has 1 aliphatic carbocycles. The number of halogens is 1. The molecule has 2 heteroatoms. The van der Waals surface area contributed by atoms with Crippen molar-refractivity contribution < 1.29 is 0 Å². The molecule has 2 aliphatic rings. The van der Waals surface area contributed by atoms with Crippen LogP contribution >= 0.6 is 12.4 Å². The third-order valence-electron chi connectivity index (χ3n) is 5.27. The van der Waals surface area contributed by atoms with Crippen LogP contribution in [0.15, 0.2) is 54.6 Å². The van der Waals surface area contributed by atoms with E-state index in [0.717, 1.165) is 12.0 Å². The lowest BCUT2D eigenvalue weighted by Crippen LogP contribution is -2.34. The van der Waals surface area contributed by atoms with Gasteiger partial charge < -0.3 is 4.90 Å². The number of fused-ring (bicyclic) bond motifs is 3. The Morgan fingerprint density at radius 1 is 0.905 bits per heavy atom. The third-order valence-corrected chi connectivity index (χ3v) is 5.27. The van der Waals surface area contributed by atoms with Crippen LogP contribution in [0.25, 0.3) is 0 Å². The van der Waals surface area contributed by atoms with Crippen molar-refractivity contribution in [3.8, 4) is 0 Å². The number of hydrogen-bond acceptors (Lipinski definition) is 1. The quantitative estimate of drug-likeness (QED) is 0.753. The summed E-state index contributed by atoms with van der Waals surface area (Å²) in [6, 6.07) is 20.9. The fourth-order valence-electron chi connectivity index (χ4n) is 4.25. The average molecular weight is 300 g/mol. The molecular weight excluding hydrogens is 278 g/mol. The topological polar surface area (TPSA) is 3.24 Å². The molecule has 110 valence electrons. The fourth-order valence-corrected chi connectivity index (χ4v) is 4.25. The van der Waals surface area contributed by atoms with Crippen LogP contribution in [-0.4, -0.2) is 24.5 Å². The second-order valence-electron chi connectivity index (χ2n) is 6.27. The van der Waals surface area contributed by atoms with Gasteiger partial charge in [0.15, 0.2) is 0 Å². The van der Waals surface area contributed by atoms with Crippen molar-refractivity contribution in [2.45, 2.75) is 30.7 Å². The Morgan fingerprint density at radius 3 is 2.33 bits per heavy atom. The minimum Gasteiger partial charge on any atom is -0.303 e. The maximum atomic E-state index is 2.57. The predicted octanol–water partition coefficient (Wildman–Crippen LogP) is 4.43. The van der Waals surface area contributed by atoms with E-state index >= 15 is 0 Å².